The van der Waals surface area contributed by atoms with Gasteiger partial charge in [0.05, 0.1) is 19.8 Å². The molecule has 0 bridgehead atoms. The minimum Gasteiger partial charge on any atom is -0.342 e. The third-order valence-corrected chi connectivity index (χ3v) is 5.69. The normalized spacial score (nSPS) is 18.7. The summed E-state index contributed by atoms with van der Waals surface area (Å²) in [5.74, 6) is -1.12. The third kappa shape index (κ3) is 2.78. The van der Waals surface area contributed by atoms with Gasteiger partial charge >= 0.3 is 0 Å². The molecule has 0 spiro atoms. The second-order valence-electron chi connectivity index (χ2n) is 7.42. The number of hydrogen-bond acceptors (Lipinski definition) is 3. The largest absolute Gasteiger partial charge is 0.342 e. The van der Waals surface area contributed by atoms with Crippen molar-refractivity contribution in [2.75, 3.05) is 19.8 Å². The van der Waals surface area contributed by atoms with Crippen molar-refractivity contribution in [2.24, 2.45) is 0 Å². The lowest BCUT2D eigenvalue weighted by atomic mass is 10.0. The number of benzene rings is 2. The van der Waals surface area contributed by atoms with E-state index in [0.29, 0.717) is 19.8 Å². The maximum absolute atomic E-state index is 13.5. The van der Waals surface area contributed by atoms with Gasteiger partial charge in [0.15, 0.2) is 0 Å². The van der Waals surface area contributed by atoms with Crippen molar-refractivity contribution in [2.45, 2.75) is 32.2 Å². The molecule has 4 nitrogen and oxygen atoms in total. The molecule has 3 aromatic rings. The van der Waals surface area contributed by atoms with E-state index in [0.717, 1.165) is 25.1 Å². The van der Waals surface area contributed by atoms with Crippen molar-refractivity contribution in [3.63, 3.8) is 0 Å². The lowest BCUT2D eigenvalue weighted by Gasteiger charge is -2.30. The lowest BCUT2D eigenvalue weighted by Crippen LogP contribution is -2.34. The summed E-state index contributed by atoms with van der Waals surface area (Å²) < 4.78 is 28.0. The van der Waals surface area contributed by atoms with E-state index in [1.807, 2.05) is 0 Å². The summed E-state index contributed by atoms with van der Waals surface area (Å²) in [6, 6.07) is 13.1. The Bertz CT molecular complexity index is 988. The van der Waals surface area contributed by atoms with Crippen LogP contribution in [-0.4, -0.2) is 24.3 Å². The number of nitrogens with zero attached hydrogens (tertiary/aromatic N) is 1. The van der Waals surface area contributed by atoms with Crippen molar-refractivity contribution in [3.8, 4) is 0 Å². The van der Waals surface area contributed by atoms with Crippen molar-refractivity contribution < 1.29 is 13.9 Å². The van der Waals surface area contributed by atoms with Crippen LogP contribution < -0.4 is 5.32 Å². The summed E-state index contributed by atoms with van der Waals surface area (Å²) in [6.07, 6.45) is 0.975. The van der Waals surface area contributed by atoms with Crippen molar-refractivity contribution >= 4 is 10.9 Å². The van der Waals surface area contributed by atoms with Gasteiger partial charge in [-0.15, -0.1) is 0 Å². The zero-order valence-corrected chi connectivity index (χ0v) is 15.4. The highest BCUT2D eigenvalue weighted by Crippen LogP contribution is 2.37. The molecule has 0 atom stereocenters. The first-order valence-corrected chi connectivity index (χ1v) is 9.52. The van der Waals surface area contributed by atoms with Crippen LogP contribution in [0, 0.1) is 12.7 Å². The van der Waals surface area contributed by atoms with E-state index < -0.39 is 5.79 Å². The SMILES string of the molecule is Cc1ccc2c(c1)c1c(n2CC2(c3ccc(F)cc3)OCCO2)CCNC1. The zero-order valence-electron chi connectivity index (χ0n) is 15.4. The Labute approximate surface area is 157 Å². The van der Waals surface area contributed by atoms with Crippen LogP contribution in [0.2, 0.25) is 0 Å². The molecule has 140 valence electrons. The highest BCUT2D eigenvalue weighted by atomic mass is 19.1. The van der Waals surface area contributed by atoms with Gasteiger partial charge in [0.2, 0.25) is 5.79 Å². The quantitative estimate of drug-likeness (QED) is 0.769. The molecule has 27 heavy (non-hydrogen) atoms. The fourth-order valence-electron chi connectivity index (χ4n) is 4.39. The molecule has 1 aromatic heterocycles. The van der Waals surface area contributed by atoms with Crippen LogP contribution in [0.3, 0.4) is 0 Å². The molecule has 1 fully saturated rings. The first kappa shape index (κ1) is 16.9. The van der Waals surface area contributed by atoms with Gasteiger partial charge in [-0.25, -0.2) is 4.39 Å². The van der Waals surface area contributed by atoms with E-state index in [2.05, 4.69) is 35.0 Å². The standard InChI is InChI=1S/C22H23FN2O2/c1-15-2-7-20-18(12-15)19-13-24-9-8-21(19)25(20)14-22(26-10-11-27-22)16-3-5-17(23)6-4-16/h2-7,12,24H,8-11,13-14H2,1H3. The number of hydrogen-bond donors (Lipinski definition) is 1. The molecule has 2 aliphatic rings. The first-order chi connectivity index (χ1) is 13.2. The smallest absolute Gasteiger partial charge is 0.213 e. The van der Waals surface area contributed by atoms with E-state index in [-0.39, 0.29) is 5.82 Å². The molecule has 0 amide bonds. The maximum Gasteiger partial charge on any atom is 0.213 e. The number of nitrogens with one attached hydrogen (secondary N) is 1. The van der Waals surface area contributed by atoms with Gasteiger partial charge < -0.3 is 19.4 Å². The van der Waals surface area contributed by atoms with E-state index in [1.54, 1.807) is 12.1 Å². The van der Waals surface area contributed by atoms with E-state index >= 15 is 0 Å². The van der Waals surface area contributed by atoms with E-state index in [1.165, 1.54) is 39.9 Å². The second-order valence-corrected chi connectivity index (χ2v) is 7.42. The minimum absolute atomic E-state index is 0.253. The van der Waals surface area contributed by atoms with Crippen LogP contribution in [0.4, 0.5) is 4.39 Å². The molecule has 1 saturated heterocycles. The van der Waals surface area contributed by atoms with E-state index in [4.69, 9.17) is 9.47 Å². The fraction of sp³-hybridized carbons (Fsp3) is 0.364. The summed E-state index contributed by atoms with van der Waals surface area (Å²) in [5, 5.41) is 4.79. The third-order valence-electron chi connectivity index (χ3n) is 5.69. The summed E-state index contributed by atoms with van der Waals surface area (Å²) in [4.78, 5) is 0. The van der Waals surface area contributed by atoms with Gasteiger partial charge in [0.1, 0.15) is 5.82 Å². The Kier molecular flexibility index (Phi) is 4.04. The maximum atomic E-state index is 13.5. The molecule has 3 heterocycles. The summed E-state index contributed by atoms with van der Waals surface area (Å²) in [6.45, 7) is 5.62. The van der Waals surface area contributed by atoms with Crippen LogP contribution in [0.1, 0.15) is 22.4 Å². The molecule has 2 aromatic carbocycles. The Hall–Kier alpha value is -2.21. The molecule has 5 rings (SSSR count). The average molecular weight is 366 g/mol. The lowest BCUT2D eigenvalue weighted by molar-refractivity contribution is -0.175. The van der Waals surface area contributed by atoms with Crippen LogP contribution in [0.15, 0.2) is 42.5 Å². The number of halogens is 1. The molecule has 0 aliphatic carbocycles. The van der Waals surface area contributed by atoms with Crippen molar-refractivity contribution in [1.82, 2.24) is 9.88 Å². The first-order valence-electron chi connectivity index (χ1n) is 9.52. The number of aryl methyl sites for hydroxylation is 1. The molecular formula is C22H23FN2O2. The Balaban J connectivity index is 1.65. The molecule has 0 radical (unpaired) electrons. The van der Waals surface area contributed by atoms with E-state index in [9.17, 15) is 4.39 Å². The predicted molar refractivity (Wildman–Crippen MR) is 102 cm³/mol. The molecule has 0 saturated carbocycles. The monoisotopic (exact) mass is 366 g/mol. The zero-order chi connectivity index (χ0) is 18.4. The number of aromatic nitrogens is 1. The number of ether oxygens (including phenoxy) is 2. The minimum atomic E-state index is -0.872. The summed E-state index contributed by atoms with van der Waals surface area (Å²) in [7, 11) is 0. The Morgan fingerprint density at radius 3 is 2.67 bits per heavy atom. The fourth-order valence-corrected chi connectivity index (χ4v) is 4.39. The van der Waals surface area contributed by atoms with Crippen LogP contribution in [0.25, 0.3) is 10.9 Å². The molecular weight excluding hydrogens is 343 g/mol. The van der Waals surface area contributed by atoms with Gasteiger partial charge in [-0.05, 0) is 36.8 Å². The predicted octanol–water partition coefficient (Wildman–Crippen LogP) is 3.63. The summed E-state index contributed by atoms with van der Waals surface area (Å²) >= 11 is 0. The van der Waals surface area contributed by atoms with Gasteiger partial charge in [-0.3, -0.25) is 0 Å². The highest BCUT2D eigenvalue weighted by Gasteiger charge is 2.40. The average Bonchev–Trinajstić information content (AvgIpc) is 3.27. The molecule has 2 aliphatic heterocycles. The Morgan fingerprint density at radius 2 is 1.89 bits per heavy atom. The topological polar surface area (TPSA) is 35.4 Å². The molecule has 5 heteroatoms. The highest BCUT2D eigenvalue weighted by molar-refractivity contribution is 5.86. The van der Waals surface area contributed by atoms with Crippen LogP contribution in [0.5, 0.6) is 0 Å². The van der Waals surface area contributed by atoms with Crippen molar-refractivity contribution in [3.05, 3.63) is 70.7 Å². The molecule has 0 unspecified atom stereocenters. The number of fused-ring (bicyclic) bond motifs is 3. The van der Waals surface area contributed by atoms with Crippen LogP contribution >= 0.6 is 0 Å². The van der Waals surface area contributed by atoms with Gasteiger partial charge in [0.25, 0.3) is 0 Å². The van der Waals surface area contributed by atoms with Crippen molar-refractivity contribution in [1.29, 1.82) is 0 Å². The summed E-state index contributed by atoms with van der Waals surface area (Å²) in [5.41, 5.74) is 6.03. The Morgan fingerprint density at radius 1 is 1.11 bits per heavy atom. The number of rotatable bonds is 3. The van der Waals surface area contributed by atoms with Gasteiger partial charge in [0, 0.05) is 41.7 Å². The van der Waals surface area contributed by atoms with Gasteiger partial charge in [-0.1, -0.05) is 23.8 Å². The molecule has 1 N–H and O–H groups in total. The van der Waals surface area contributed by atoms with Gasteiger partial charge in [-0.2, -0.15) is 0 Å². The van der Waals surface area contributed by atoms with Crippen LogP contribution in [-0.2, 0) is 34.8 Å². The second kappa shape index (κ2) is 6.44.